The predicted octanol–water partition coefficient (Wildman–Crippen LogP) is 1.42. The minimum absolute atomic E-state index is 0.121. The third-order valence-electron chi connectivity index (χ3n) is 3.87. The Labute approximate surface area is 120 Å². The molecule has 0 aliphatic carbocycles. The molecule has 1 fully saturated rings. The lowest BCUT2D eigenvalue weighted by Crippen LogP contribution is -2.46. The summed E-state index contributed by atoms with van der Waals surface area (Å²) in [5.74, 6) is 1.66. The number of hydrogen-bond acceptors (Lipinski definition) is 5. The van der Waals surface area contributed by atoms with Gasteiger partial charge >= 0.3 is 0 Å². The molecule has 0 aromatic heterocycles. The molecule has 112 valence electrons. The standard InChI is InChI=1S/C15H24N2O3/c1-11(17-6-7-20-13(9-16)10-17)14-5-4-12(18-2)8-15(14)19-3/h4-5,8,11,13H,6-7,9-10,16H2,1-3H3. The van der Waals surface area contributed by atoms with E-state index in [-0.39, 0.29) is 12.1 Å². The largest absolute Gasteiger partial charge is 0.497 e. The van der Waals surface area contributed by atoms with E-state index in [4.69, 9.17) is 19.9 Å². The van der Waals surface area contributed by atoms with Crippen molar-refractivity contribution < 1.29 is 14.2 Å². The van der Waals surface area contributed by atoms with E-state index in [1.54, 1.807) is 14.2 Å². The summed E-state index contributed by atoms with van der Waals surface area (Å²) >= 11 is 0. The highest BCUT2D eigenvalue weighted by Gasteiger charge is 2.25. The predicted molar refractivity (Wildman–Crippen MR) is 78.3 cm³/mol. The molecule has 1 aliphatic heterocycles. The Balaban J connectivity index is 2.17. The van der Waals surface area contributed by atoms with Crippen LogP contribution >= 0.6 is 0 Å². The number of rotatable bonds is 5. The highest BCUT2D eigenvalue weighted by molar-refractivity contribution is 5.42. The molecule has 5 nitrogen and oxygen atoms in total. The molecule has 1 heterocycles. The molecule has 1 aromatic carbocycles. The highest BCUT2D eigenvalue weighted by Crippen LogP contribution is 2.33. The maximum Gasteiger partial charge on any atom is 0.127 e. The van der Waals surface area contributed by atoms with Crippen LogP contribution < -0.4 is 15.2 Å². The fourth-order valence-corrected chi connectivity index (χ4v) is 2.60. The molecule has 2 unspecified atom stereocenters. The van der Waals surface area contributed by atoms with Gasteiger partial charge in [-0.2, -0.15) is 0 Å². The van der Waals surface area contributed by atoms with Crippen LogP contribution in [0.5, 0.6) is 11.5 Å². The van der Waals surface area contributed by atoms with Gasteiger partial charge in [-0.1, -0.05) is 6.07 Å². The van der Waals surface area contributed by atoms with Crippen molar-refractivity contribution in [1.29, 1.82) is 0 Å². The molecule has 2 rings (SSSR count). The summed E-state index contributed by atoms with van der Waals surface area (Å²) in [6, 6.07) is 6.21. The van der Waals surface area contributed by atoms with E-state index >= 15 is 0 Å². The van der Waals surface area contributed by atoms with Gasteiger partial charge in [0.05, 0.1) is 26.9 Å². The van der Waals surface area contributed by atoms with Crippen LogP contribution in [0, 0.1) is 0 Å². The van der Waals surface area contributed by atoms with Gasteiger partial charge in [0, 0.05) is 37.3 Å². The van der Waals surface area contributed by atoms with E-state index in [0.717, 1.165) is 36.8 Å². The fourth-order valence-electron chi connectivity index (χ4n) is 2.60. The van der Waals surface area contributed by atoms with Gasteiger partial charge in [-0.25, -0.2) is 0 Å². The average Bonchev–Trinajstić information content (AvgIpc) is 2.53. The Bertz CT molecular complexity index is 439. The maximum absolute atomic E-state index is 5.71. The number of benzene rings is 1. The van der Waals surface area contributed by atoms with E-state index in [9.17, 15) is 0 Å². The third-order valence-corrected chi connectivity index (χ3v) is 3.87. The second-order valence-corrected chi connectivity index (χ2v) is 5.01. The van der Waals surface area contributed by atoms with Gasteiger partial charge in [0.1, 0.15) is 11.5 Å². The van der Waals surface area contributed by atoms with Gasteiger partial charge in [-0.05, 0) is 13.0 Å². The Morgan fingerprint density at radius 1 is 1.40 bits per heavy atom. The van der Waals surface area contributed by atoms with Crippen molar-refractivity contribution in [1.82, 2.24) is 4.90 Å². The molecular formula is C15H24N2O3. The number of methoxy groups -OCH3 is 2. The Hall–Kier alpha value is -1.30. The molecule has 1 saturated heterocycles. The van der Waals surface area contributed by atoms with Crippen LogP contribution in [0.25, 0.3) is 0 Å². The van der Waals surface area contributed by atoms with Crippen molar-refractivity contribution in [2.24, 2.45) is 5.73 Å². The zero-order valence-corrected chi connectivity index (χ0v) is 12.5. The van der Waals surface area contributed by atoms with Crippen LogP contribution in [0.15, 0.2) is 18.2 Å². The molecule has 2 N–H and O–H groups in total. The van der Waals surface area contributed by atoms with Crippen molar-refractivity contribution in [2.75, 3.05) is 40.5 Å². The van der Waals surface area contributed by atoms with E-state index in [2.05, 4.69) is 17.9 Å². The van der Waals surface area contributed by atoms with Crippen molar-refractivity contribution in [2.45, 2.75) is 19.1 Å². The van der Waals surface area contributed by atoms with Crippen LogP contribution in [-0.2, 0) is 4.74 Å². The Morgan fingerprint density at radius 3 is 2.85 bits per heavy atom. The summed E-state index contributed by atoms with van der Waals surface area (Å²) in [6.45, 7) is 5.23. The summed E-state index contributed by atoms with van der Waals surface area (Å²) in [7, 11) is 3.35. The molecule has 5 heteroatoms. The van der Waals surface area contributed by atoms with Crippen LogP contribution in [-0.4, -0.2) is 51.5 Å². The third kappa shape index (κ3) is 3.23. The van der Waals surface area contributed by atoms with E-state index < -0.39 is 0 Å². The number of nitrogens with zero attached hydrogens (tertiary/aromatic N) is 1. The molecular weight excluding hydrogens is 256 g/mol. The molecule has 0 saturated carbocycles. The Kier molecular flexibility index (Phi) is 5.23. The second-order valence-electron chi connectivity index (χ2n) is 5.01. The van der Waals surface area contributed by atoms with Gasteiger partial charge in [0.15, 0.2) is 0 Å². The van der Waals surface area contributed by atoms with Crippen LogP contribution in [0.1, 0.15) is 18.5 Å². The summed E-state index contributed by atoms with van der Waals surface area (Å²) in [6.07, 6.45) is 0.121. The van der Waals surface area contributed by atoms with Crippen molar-refractivity contribution in [3.8, 4) is 11.5 Å². The highest BCUT2D eigenvalue weighted by atomic mass is 16.5. The monoisotopic (exact) mass is 280 g/mol. The zero-order chi connectivity index (χ0) is 14.5. The van der Waals surface area contributed by atoms with Crippen molar-refractivity contribution in [3.05, 3.63) is 23.8 Å². The SMILES string of the molecule is COc1ccc(C(C)N2CCOC(CN)C2)c(OC)c1. The minimum Gasteiger partial charge on any atom is -0.497 e. The summed E-state index contributed by atoms with van der Waals surface area (Å²) in [5.41, 5.74) is 6.86. The lowest BCUT2D eigenvalue weighted by Gasteiger charge is -2.37. The van der Waals surface area contributed by atoms with Gasteiger partial charge in [0.2, 0.25) is 0 Å². The molecule has 0 radical (unpaired) electrons. The van der Waals surface area contributed by atoms with Crippen LogP contribution in [0.2, 0.25) is 0 Å². The van der Waals surface area contributed by atoms with E-state index in [0.29, 0.717) is 6.54 Å². The number of morpholine rings is 1. The van der Waals surface area contributed by atoms with E-state index in [1.807, 2.05) is 12.1 Å². The summed E-state index contributed by atoms with van der Waals surface area (Å²) in [4.78, 5) is 2.38. The van der Waals surface area contributed by atoms with Crippen molar-refractivity contribution in [3.63, 3.8) is 0 Å². The number of ether oxygens (including phenoxy) is 3. The molecule has 1 aromatic rings. The first-order valence-electron chi connectivity index (χ1n) is 6.97. The first kappa shape index (κ1) is 15.1. The topological polar surface area (TPSA) is 57.0 Å². The Morgan fingerprint density at radius 2 is 2.20 bits per heavy atom. The van der Waals surface area contributed by atoms with Gasteiger partial charge < -0.3 is 19.9 Å². The lowest BCUT2D eigenvalue weighted by atomic mass is 10.0. The molecule has 2 atom stereocenters. The molecule has 0 bridgehead atoms. The number of hydrogen-bond donors (Lipinski definition) is 1. The van der Waals surface area contributed by atoms with Gasteiger partial charge in [0.25, 0.3) is 0 Å². The van der Waals surface area contributed by atoms with Crippen molar-refractivity contribution >= 4 is 0 Å². The van der Waals surface area contributed by atoms with Gasteiger partial charge in [-0.3, -0.25) is 4.90 Å². The van der Waals surface area contributed by atoms with E-state index in [1.165, 1.54) is 0 Å². The fraction of sp³-hybridized carbons (Fsp3) is 0.600. The zero-order valence-electron chi connectivity index (χ0n) is 12.5. The average molecular weight is 280 g/mol. The molecule has 0 amide bonds. The maximum atomic E-state index is 5.71. The van der Waals surface area contributed by atoms with Crippen LogP contribution in [0.4, 0.5) is 0 Å². The van der Waals surface area contributed by atoms with Crippen LogP contribution in [0.3, 0.4) is 0 Å². The first-order chi connectivity index (χ1) is 9.69. The second kappa shape index (κ2) is 6.92. The normalized spacial score (nSPS) is 21.5. The first-order valence-corrected chi connectivity index (χ1v) is 6.97. The number of nitrogens with two attached hydrogens (primary N) is 1. The smallest absolute Gasteiger partial charge is 0.127 e. The molecule has 20 heavy (non-hydrogen) atoms. The quantitative estimate of drug-likeness (QED) is 0.884. The lowest BCUT2D eigenvalue weighted by molar-refractivity contribution is -0.0367. The summed E-state index contributed by atoms with van der Waals surface area (Å²) in [5, 5.41) is 0. The molecule has 0 spiro atoms. The summed E-state index contributed by atoms with van der Waals surface area (Å²) < 4.78 is 16.4. The minimum atomic E-state index is 0.121. The van der Waals surface area contributed by atoms with Gasteiger partial charge in [-0.15, -0.1) is 0 Å². The molecule has 1 aliphatic rings.